The second kappa shape index (κ2) is 9.85. The van der Waals surface area contributed by atoms with Gasteiger partial charge in [-0.2, -0.15) is 5.10 Å². The van der Waals surface area contributed by atoms with Crippen molar-refractivity contribution in [3.8, 4) is 23.0 Å². The van der Waals surface area contributed by atoms with Crippen molar-refractivity contribution in [2.45, 2.75) is 20.0 Å². The van der Waals surface area contributed by atoms with Crippen LogP contribution >= 0.6 is 11.6 Å². The summed E-state index contributed by atoms with van der Waals surface area (Å²) >= 11 is 5.93. The Bertz CT molecular complexity index is 845. The van der Waals surface area contributed by atoms with Crippen LogP contribution in [0, 0.1) is 6.92 Å². The van der Waals surface area contributed by atoms with E-state index in [1.165, 1.54) is 27.5 Å². The summed E-state index contributed by atoms with van der Waals surface area (Å²) in [4.78, 5) is 12.2. The van der Waals surface area contributed by atoms with Gasteiger partial charge in [0.2, 0.25) is 5.75 Å². The van der Waals surface area contributed by atoms with Crippen molar-refractivity contribution >= 4 is 23.7 Å². The molecule has 8 heteroatoms. The Morgan fingerprint density at radius 1 is 1.07 bits per heavy atom. The number of carbonyl (C=O) groups excluding carboxylic acids is 1. The van der Waals surface area contributed by atoms with Gasteiger partial charge < -0.3 is 18.9 Å². The summed E-state index contributed by atoms with van der Waals surface area (Å²) in [6.45, 7) is 3.49. The van der Waals surface area contributed by atoms with Crippen molar-refractivity contribution in [1.82, 2.24) is 5.43 Å². The van der Waals surface area contributed by atoms with Crippen LogP contribution in [0.4, 0.5) is 0 Å². The lowest BCUT2D eigenvalue weighted by Crippen LogP contribution is -2.33. The molecule has 0 fully saturated rings. The molecule has 2 aromatic carbocycles. The standard InChI is InChI=1S/C20H23ClN2O5/c1-12-8-15(21)6-7-16(12)28-13(2)20(24)23-22-11-14-9-17(25-3)19(27-5)18(10-14)26-4/h6-11,13H,1-5H3,(H,23,24). The number of rotatable bonds is 8. The number of carbonyl (C=O) groups is 1. The van der Waals surface area contributed by atoms with E-state index in [9.17, 15) is 4.79 Å². The molecule has 28 heavy (non-hydrogen) atoms. The van der Waals surface area contributed by atoms with E-state index in [1.54, 1.807) is 37.3 Å². The van der Waals surface area contributed by atoms with Crippen LogP contribution in [0.5, 0.6) is 23.0 Å². The summed E-state index contributed by atoms with van der Waals surface area (Å²) < 4.78 is 21.5. The molecule has 7 nitrogen and oxygen atoms in total. The number of aryl methyl sites for hydroxylation is 1. The van der Waals surface area contributed by atoms with E-state index in [0.717, 1.165) is 5.56 Å². The molecule has 2 aromatic rings. The lowest BCUT2D eigenvalue weighted by atomic mass is 10.2. The van der Waals surface area contributed by atoms with Crippen LogP contribution in [0.25, 0.3) is 0 Å². The van der Waals surface area contributed by atoms with Gasteiger partial charge in [-0.1, -0.05) is 11.6 Å². The van der Waals surface area contributed by atoms with Gasteiger partial charge in [0.05, 0.1) is 27.5 Å². The lowest BCUT2D eigenvalue weighted by molar-refractivity contribution is -0.127. The largest absolute Gasteiger partial charge is 0.493 e. The number of ether oxygens (including phenoxy) is 4. The predicted molar refractivity (Wildman–Crippen MR) is 108 cm³/mol. The van der Waals surface area contributed by atoms with E-state index in [2.05, 4.69) is 10.5 Å². The molecule has 1 unspecified atom stereocenters. The van der Waals surface area contributed by atoms with E-state index in [1.807, 2.05) is 6.92 Å². The van der Waals surface area contributed by atoms with Crippen molar-refractivity contribution in [2.75, 3.05) is 21.3 Å². The quantitative estimate of drug-likeness (QED) is 0.535. The first-order chi connectivity index (χ1) is 13.4. The van der Waals surface area contributed by atoms with Crippen LogP contribution in [0.2, 0.25) is 5.02 Å². The monoisotopic (exact) mass is 406 g/mol. The molecule has 2 rings (SSSR count). The highest BCUT2D eigenvalue weighted by Crippen LogP contribution is 2.37. The van der Waals surface area contributed by atoms with Gasteiger partial charge in [-0.3, -0.25) is 4.79 Å². The number of amides is 1. The molecule has 0 aliphatic rings. The number of hydrazone groups is 1. The number of benzene rings is 2. The van der Waals surface area contributed by atoms with E-state index in [-0.39, 0.29) is 0 Å². The van der Waals surface area contributed by atoms with Crippen LogP contribution in [0.15, 0.2) is 35.4 Å². The molecule has 1 atom stereocenters. The fraction of sp³-hybridized carbons (Fsp3) is 0.300. The number of hydrogen-bond acceptors (Lipinski definition) is 6. The summed E-state index contributed by atoms with van der Waals surface area (Å²) in [6.07, 6.45) is 0.736. The van der Waals surface area contributed by atoms with Crippen molar-refractivity contribution in [2.24, 2.45) is 5.10 Å². The molecule has 0 spiro atoms. The van der Waals surface area contributed by atoms with Crippen molar-refractivity contribution < 1.29 is 23.7 Å². The first-order valence-corrected chi connectivity index (χ1v) is 8.83. The van der Waals surface area contributed by atoms with Crippen LogP contribution in [-0.4, -0.2) is 39.6 Å². The van der Waals surface area contributed by atoms with Gasteiger partial charge in [0, 0.05) is 10.6 Å². The summed E-state index contributed by atoms with van der Waals surface area (Å²) in [5, 5.41) is 4.58. The molecular weight excluding hydrogens is 384 g/mol. The minimum atomic E-state index is -0.739. The fourth-order valence-corrected chi connectivity index (χ4v) is 2.65. The summed E-state index contributed by atoms with van der Waals surface area (Å²) in [6, 6.07) is 8.63. The molecule has 0 saturated carbocycles. The zero-order valence-corrected chi connectivity index (χ0v) is 17.2. The smallest absolute Gasteiger partial charge is 0.280 e. The Morgan fingerprint density at radius 2 is 1.71 bits per heavy atom. The van der Waals surface area contributed by atoms with Crippen molar-refractivity contribution in [3.05, 3.63) is 46.5 Å². The molecule has 0 aliphatic carbocycles. The van der Waals surface area contributed by atoms with Gasteiger partial charge in [0.25, 0.3) is 5.91 Å². The van der Waals surface area contributed by atoms with E-state index >= 15 is 0 Å². The van der Waals surface area contributed by atoms with Gasteiger partial charge in [-0.05, 0) is 49.7 Å². The maximum Gasteiger partial charge on any atom is 0.280 e. The summed E-state index contributed by atoms with van der Waals surface area (Å²) in [5.41, 5.74) is 3.96. The maximum atomic E-state index is 12.2. The topological polar surface area (TPSA) is 78.4 Å². The molecule has 0 saturated heterocycles. The molecule has 0 heterocycles. The third-order valence-electron chi connectivity index (χ3n) is 3.89. The van der Waals surface area contributed by atoms with Gasteiger partial charge >= 0.3 is 0 Å². The van der Waals surface area contributed by atoms with Crippen LogP contribution in [0.1, 0.15) is 18.1 Å². The number of nitrogens with one attached hydrogen (secondary N) is 1. The Morgan fingerprint density at radius 3 is 2.25 bits per heavy atom. The molecule has 1 amide bonds. The molecule has 150 valence electrons. The first kappa shape index (κ1) is 21.4. The number of methoxy groups -OCH3 is 3. The SMILES string of the molecule is COc1cc(C=NNC(=O)C(C)Oc2ccc(Cl)cc2C)cc(OC)c1OC. The second-order valence-electron chi connectivity index (χ2n) is 5.86. The zero-order valence-electron chi connectivity index (χ0n) is 16.4. The Labute approximate surface area is 169 Å². The maximum absolute atomic E-state index is 12.2. The Kier molecular flexibility index (Phi) is 7.52. The summed E-state index contributed by atoms with van der Waals surface area (Å²) in [5.74, 6) is 1.65. The van der Waals surface area contributed by atoms with Gasteiger partial charge in [-0.15, -0.1) is 0 Å². The van der Waals surface area contributed by atoms with E-state index in [0.29, 0.717) is 33.6 Å². The highest BCUT2D eigenvalue weighted by molar-refractivity contribution is 6.30. The molecular formula is C20H23ClN2O5. The minimum absolute atomic E-state index is 0.391. The molecule has 1 N–H and O–H groups in total. The normalized spacial score (nSPS) is 11.8. The highest BCUT2D eigenvalue weighted by atomic mass is 35.5. The van der Waals surface area contributed by atoms with E-state index in [4.69, 9.17) is 30.5 Å². The molecule has 0 aromatic heterocycles. The minimum Gasteiger partial charge on any atom is -0.493 e. The Balaban J connectivity index is 2.04. The fourth-order valence-electron chi connectivity index (χ4n) is 2.43. The average Bonchev–Trinajstić information content (AvgIpc) is 2.68. The van der Waals surface area contributed by atoms with Crippen molar-refractivity contribution in [3.63, 3.8) is 0 Å². The average molecular weight is 407 g/mol. The number of hydrogen-bond donors (Lipinski definition) is 1. The lowest BCUT2D eigenvalue weighted by Gasteiger charge is -2.15. The van der Waals surface area contributed by atoms with Crippen LogP contribution < -0.4 is 24.4 Å². The number of halogens is 1. The second-order valence-corrected chi connectivity index (χ2v) is 6.30. The summed E-state index contributed by atoms with van der Waals surface area (Å²) in [7, 11) is 4.58. The van der Waals surface area contributed by atoms with Gasteiger partial charge in [0.1, 0.15) is 5.75 Å². The van der Waals surface area contributed by atoms with Crippen LogP contribution in [-0.2, 0) is 4.79 Å². The van der Waals surface area contributed by atoms with Gasteiger partial charge in [-0.25, -0.2) is 5.43 Å². The molecule has 0 bridgehead atoms. The van der Waals surface area contributed by atoms with Gasteiger partial charge in [0.15, 0.2) is 17.6 Å². The van der Waals surface area contributed by atoms with Crippen molar-refractivity contribution in [1.29, 1.82) is 0 Å². The molecule has 0 radical (unpaired) electrons. The third kappa shape index (κ3) is 5.29. The van der Waals surface area contributed by atoms with E-state index < -0.39 is 12.0 Å². The Hall–Kier alpha value is -2.93. The molecule has 0 aliphatic heterocycles. The third-order valence-corrected chi connectivity index (χ3v) is 4.12. The predicted octanol–water partition coefficient (Wildman–Crippen LogP) is 3.59. The van der Waals surface area contributed by atoms with Crippen LogP contribution in [0.3, 0.4) is 0 Å². The highest BCUT2D eigenvalue weighted by Gasteiger charge is 2.16. The first-order valence-electron chi connectivity index (χ1n) is 8.45. The zero-order chi connectivity index (χ0) is 20.7. The number of nitrogens with zero attached hydrogens (tertiary/aromatic N) is 1.